The van der Waals surface area contributed by atoms with E-state index < -0.39 is 32.9 Å². The van der Waals surface area contributed by atoms with Crippen LogP contribution in [0.25, 0.3) is 0 Å². The van der Waals surface area contributed by atoms with E-state index in [-0.39, 0.29) is 24.4 Å². The standard InChI is InChI=1S/C14H26O6S/c1-9(2)19-13(15)12(14(16)20-10(3)4)7-8-21(17,18)11(5)6/h9-12H,7-8H2,1-6H3. The second-order valence-electron chi connectivity index (χ2n) is 5.73. The summed E-state index contributed by atoms with van der Waals surface area (Å²) in [5.41, 5.74) is 0. The number of ether oxygens (including phenoxy) is 2. The number of rotatable bonds is 8. The average Bonchev–Trinajstić information content (AvgIpc) is 2.26. The Bertz CT molecular complexity index is 428. The summed E-state index contributed by atoms with van der Waals surface area (Å²) >= 11 is 0. The molecule has 0 aliphatic rings. The van der Waals surface area contributed by atoms with Gasteiger partial charge in [-0.25, -0.2) is 8.42 Å². The molecule has 0 spiro atoms. The number of carbonyl (C=O) groups excluding carboxylic acids is 2. The molecule has 0 bridgehead atoms. The highest BCUT2D eigenvalue weighted by molar-refractivity contribution is 7.91. The van der Waals surface area contributed by atoms with Crippen LogP contribution in [0.4, 0.5) is 0 Å². The molecule has 0 aromatic carbocycles. The molecule has 0 saturated carbocycles. The molecule has 0 atom stereocenters. The smallest absolute Gasteiger partial charge is 0.320 e. The van der Waals surface area contributed by atoms with E-state index in [4.69, 9.17) is 9.47 Å². The van der Waals surface area contributed by atoms with E-state index in [0.717, 1.165) is 0 Å². The maximum atomic E-state index is 11.9. The summed E-state index contributed by atoms with van der Waals surface area (Å²) in [5, 5.41) is -0.555. The lowest BCUT2D eigenvalue weighted by Gasteiger charge is -2.18. The van der Waals surface area contributed by atoms with Gasteiger partial charge in [-0.1, -0.05) is 0 Å². The molecular weight excluding hydrogens is 296 g/mol. The molecule has 124 valence electrons. The van der Waals surface area contributed by atoms with Crippen LogP contribution in [0, 0.1) is 5.92 Å². The fourth-order valence-electron chi connectivity index (χ4n) is 1.48. The van der Waals surface area contributed by atoms with Crippen molar-refractivity contribution in [2.45, 2.75) is 65.4 Å². The molecule has 0 aliphatic heterocycles. The van der Waals surface area contributed by atoms with Crippen molar-refractivity contribution in [3.05, 3.63) is 0 Å². The molecule has 0 unspecified atom stereocenters. The first-order valence-corrected chi connectivity index (χ1v) is 8.81. The van der Waals surface area contributed by atoms with Crippen LogP contribution in [-0.2, 0) is 28.9 Å². The molecule has 0 N–H and O–H groups in total. The van der Waals surface area contributed by atoms with E-state index in [1.807, 2.05) is 0 Å². The molecule has 6 nitrogen and oxygen atoms in total. The molecule has 0 aromatic rings. The van der Waals surface area contributed by atoms with Crippen molar-refractivity contribution >= 4 is 21.8 Å². The molecule has 0 fully saturated rings. The molecule has 0 aromatic heterocycles. The number of hydrogen-bond acceptors (Lipinski definition) is 6. The van der Waals surface area contributed by atoms with Gasteiger partial charge >= 0.3 is 11.9 Å². The maximum Gasteiger partial charge on any atom is 0.320 e. The summed E-state index contributed by atoms with van der Waals surface area (Å²) < 4.78 is 33.7. The highest BCUT2D eigenvalue weighted by Gasteiger charge is 2.33. The lowest BCUT2D eigenvalue weighted by Crippen LogP contribution is -2.33. The van der Waals surface area contributed by atoms with E-state index in [2.05, 4.69) is 0 Å². The number of esters is 2. The van der Waals surface area contributed by atoms with Gasteiger partial charge in [0.15, 0.2) is 15.8 Å². The van der Waals surface area contributed by atoms with Crippen molar-refractivity contribution in [3.63, 3.8) is 0 Å². The van der Waals surface area contributed by atoms with Crippen molar-refractivity contribution in [1.29, 1.82) is 0 Å². The molecule has 0 radical (unpaired) electrons. The van der Waals surface area contributed by atoms with Gasteiger partial charge in [-0.05, 0) is 48.0 Å². The summed E-state index contributed by atoms with van der Waals surface area (Å²) in [5.74, 6) is -2.94. The van der Waals surface area contributed by atoms with Gasteiger partial charge in [-0.3, -0.25) is 9.59 Å². The Kier molecular flexibility index (Phi) is 7.92. The first kappa shape index (κ1) is 19.9. The van der Waals surface area contributed by atoms with Crippen LogP contribution in [0.1, 0.15) is 48.0 Å². The summed E-state index contributed by atoms with van der Waals surface area (Å²) in [7, 11) is -3.33. The first-order chi connectivity index (χ1) is 9.47. The van der Waals surface area contributed by atoms with Gasteiger partial charge < -0.3 is 9.47 Å². The maximum absolute atomic E-state index is 11.9. The van der Waals surface area contributed by atoms with Crippen LogP contribution in [0.3, 0.4) is 0 Å². The molecule has 0 rings (SSSR count). The Labute approximate surface area is 127 Å². The summed E-state index contributed by atoms with van der Waals surface area (Å²) in [6, 6.07) is 0. The van der Waals surface area contributed by atoms with E-state index in [0.29, 0.717) is 0 Å². The van der Waals surface area contributed by atoms with Crippen LogP contribution in [0.2, 0.25) is 0 Å². The Morgan fingerprint density at radius 3 is 1.52 bits per heavy atom. The second-order valence-corrected chi connectivity index (χ2v) is 8.41. The molecule has 21 heavy (non-hydrogen) atoms. The number of sulfone groups is 1. The van der Waals surface area contributed by atoms with Gasteiger partial charge in [-0.15, -0.1) is 0 Å². The molecular formula is C14H26O6S. The monoisotopic (exact) mass is 322 g/mol. The molecule has 0 aliphatic carbocycles. The fraction of sp³-hybridized carbons (Fsp3) is 0.857. The average molecular weight is 322 g/mol. The van der Waals surface area contributed by atoms with Gasteiger partial charge in [0, 0.05) is 0 Å². The third kappa shape index (κ3) is 7.45. The van der Waals surface area contributed by atoms with Crippen molar-refractivity contribution in [1.82, 2.24) is 0 Å². The Morgan fingerprint density at radius 2 is 1.24 bits per heavy atom. The first-order valence-electron chi connectivity index (χ1n) is 7.10. The SMILES string of the molecule is CC(C)OC(=O)C(CCS(=O)(=O)C(C)C)C(=O)OC(C)C. The second kappa shape index (κ2) is 8.36. The number of carbonyl (C=O) groups is 2. The third-order valence-corrected chi connectivity index (χ3v) is 4.92. The van der Waals surface area contributed by atoms with Crippen LogP contribution < -0.4 is 0 Å². The van der Waals surface area contributed by atoms with E-state index in [1.165, 1.54) is 0 Å². The minimum atomic E-state index is -3.33. The predicted octanol–water partition coefficient (Wildman–Crippen LogP) is 1.72. The molecule has 7 heteroatoms. The van der Waals surface area contributed by atoms with Crippen molar-refractivity contribution in [3.8, 4) is 0 Å². The van der Waals surface area contributed by atoms with E-state index in [9.17, 15) is 18.0 Å². The van der Waals surface area contributed by atoms with Gasteiger partial charge in [0.1, 0.15) is 0 Å². The van der Waals surface area contributed by atoms with Gasteiger partial charge in [0.25, 0.3) is 0 Å². The summed E-state index contributed by atoms with van der Waals surface area (Å²) in [6.07, 6.45) is -0.889. The summed E-state index contributed by atoms with van der Waals surface area (Å²) in [4.78, 5) is 23.9. The predicted molar refractivity (Wildman–Crippen MR) is 79.5 cm³/mol. The molecule has 0 amide bonds. The Hall–Kier alpha value is -1.11. The largest absolute Gasteiger partial charge is 0.462 e. The topological polar surface area (TPSA) is 86.7 Å². The van der Waals surface area contributed by atoms with Crippen LogP contribution in [0.5, 0.6) is 0 Å². The van der Waals surface area contributed by atoms with Crippen molar-refractivity contribution in [2.24, 2.45) is 5.92 Å². The van der Waals surface area contributed by atoms with Gasteiger partial charge in [0.05, 0.1) is 23.2 Å². The minimum Gasteiger partial charge on any atom is -0.462 e. The zero-order valence-corrected chi connectivity index (χ0v) is 14.4. The highest BCUT2D eigenvalue weighted by Crippen LogP contribution is 2.15. The Morgan fingerprint density at radius 1 is 0.857 bits per heavy atom. The Balaban J connectivity index is 4.97. The fourth-order valence-corrected chi connectivity index (χ4v) is 2.51. The number of hydrogen-bond donors (Lipinski definition) is 0. The third-order valence-electron chi connectivity index (χ3n) is 2.68. The zero-order valence-electron chi connectivity index (χ0n) is 13.6. The van der Waals surface area contributed by atoms with Crippen molar-refractivity contribution < 1.29 is 27.5 Å². The van der Waals surface area contributed by atoms with Gasteiger partial charge in [0.2, 0.25) is 0 Å². The zero-order chi connectivity index (χ0) is 16.8. The van der Waals surface area contributed by atoms with Crippen LogP contribution in [0.15, 0.2) is 0 Å². The lowest BCUT2D eigenvalue weighted by atomic mass is 10.1. The highest BCUT2D eigenvalue weighted by atomic mass is 32.2. The molecule has 0 heterocycles. The van der Waals surface area contributed by atoms with E-state index in [1.54, 1.807) is 41.5 Å². The lowest BCUT2D eigenvalue weighted by molar-refractivity contribution is -0.166. The van der Waals surface area contributed by atoms with E-state index >= 15 is 0 Å². The molecule has 0 saturated heterocycles. The van der Waals surface area contributed by atoms with Crippen molar-refractivity contribution in [2.75, 3.05) is 5.75 Å². The quantitative estimate of drug-likeness (QED) is 0.499. The summed E-state index contributed by atoms with van der Waals surface area (Å²) in [6.45, 7) is 9.76. The normalized spacial score (nSPS) is 12.3. The van der Waals surface area contributed by atoms with Crippen LogP contribution in [-0.4, -0.2) is 43.6 Å². The van der Waals surface area contributed by atoms with Gasteiger partial charge in [-0.2, -0.15) is 0 Å². The minimum absolute atomic E-state index is 0.127. The van der Waals surface area contributed by atoms with Crippen LogP contribution >= 0.6 is 0 Å².